The third-order valence-electron chi connectivity index (χ3n) is 6.94. The second-order valence-electron chi connectivity index (χ2n) is 8.93. The molecule has 3 N–H and O–H groups in total. The van der Waals surface area contributed by atoms with E-state index in [1.54, 1.807) is 12.1 Å². The predicted molar refractivity (Wildman–Crippen MR) is 140 cm³/mol. The maximum Gasteiger partial charge on any atom is 0.336 e. The minimum absolute atomic E-state index is 0.0390. The first kappa shape index (κ1) is 25.3. The van der Waals surface area contributed by atoms with Gasteiger partial charge in [-0.25, -0.2) is 4.79 Å². The van der Waals surface area contributed by atoms with Crippen molar-refractivity contribution < 1.29 is 29.4 Å². The fourth-order valence-electron chi connectivity index (χ4n) is 5.00. The van der Waals surface area contributed by atoms with E-state index in [1.165, 1.54) is 4.90 Å². The maximum atomic E-state index is 12.1. The van der Waals surface area contributed by atoms with E-state index in [4.69, 9.17) is 9.84 Å². The second-order valence-corrected chi connectivity index (χ2v) is 8.93. The van der Waals surface area contributed by atoms with E-state index in [1.807, 2.05) is 42.2 Å². The fourth-order valence-corrected chi connectivity index (χ4v) is 5.00. The van der Waals surface area contributed by atoms with Gasteiger partial charge >= 0.3 is 11.9 Å². The van der Waals surface area contributed by atoms with E-state index < -0.39 is 11.9 Å². The Balaban J connectivity index is 1.88. The zero-order chi connectivity index (χ0) is 25.8. The molecule has 0 fully saturated rings. The van der Waals surface area contributed by atoms with Crippen molar-refractivity contribution in [1.29, 1.82) is 0 Å². The Morgan fingerprint density at radius 2 is 1.78 bits per heavy atom. The first-order valence-corrected chi connectivity index (χ1v) is 12.5. The van der Waals surface area contributed by atoms with Crippen molar-refractivity contribution in [3.8, 4) is 5.75 Å². The normalized spacial score (nSPS) is 16.2. The van der Waals surface area contributed by atoms with Crippen LogP contribution in [0.4, 0.5) is 5.69 Å². The maximum absolute atomic E-state index is 12.1. The Morgan fingerprint density at radius 1 is 1.03 bits per heavy atom. The minimum atomic E-state index is -0.982. The number of nitrogens with zero attached hydrogens (tertiary/aromatic N) is 1. The summed E-state index contributed by atoms with van der Waals surface area (Å²) in [5.41, 5.74) is 4.24. The molecule has 0 saturated heterocycles. The molecule has 1 heterocycles. The largest absolute Gasteiger partial charge is 0.481 e. The quantitative estimate of drug-likeness (QED) is 0.472. The molecule has 188 valence electrons. The molecule has 0 bridgehead atoms. The number of carbonyl (C=O) groups is 2. The third kappa shape index (κ3) is 4.93. The molecular formula is C29H33N2O5+. The van der Waals surface area contributed by atoms with Crippen LogP contribution in [0.25, 0.3) is 5.57 Å². The first-order valence-electron chi connectivity index (χ1n) is 12.5. The molecule has 1 unspecified atom stereocenters. The third-order valence-corrected chi connectivity index (χ3v) is 6.94. The topological polar surface area (TPSA) is 91.5 Å². The van der Waals surface area contributed by atoms with E-state index in [-0.39, 0.29) is 18.0 Å². The van der Waals surface area contributed by atoms with Gasteiger partial charge in [0.15, 0.2) is 0 Å². The highest BCUT2D eigenvalue weighted by Gasteiger charge is 2.31. The van der Waals surface area contributed by atoms with Crippen LogP contribution in [0.1, 0.15) is 48.7 Å². The van der Waals surface area contributed by atoms with Gasteiger partial charge in [0.2, 0.25) is 0 Å². The summed E-state index contributed by atoms with van der Waals surface area (Å²) in [5.74, 6) is -0.470. The molecule has 36 heavy (non-hydrogen) atoms. The zero-order valence-electron chi connectivity index (χ0n) is 21.0. The number of hydrogen-bond donors (Lipinski definition) is 3. The molecule has 0 amide bonds. The van der Waals surface area contributed by atoms with E-state index in [0.29, 0.717) is 24.4 Å². The number of ether oxygens (including phenoxy) is 1. The SMILES string of the molecule is CCN(CCC(=O)O)c1ccc2c(c1)OC1=CC([NH+](CC)CC)C=CC1=C2c1ccccc1C(=O)O. The molecule has 7 nitrogen and oxygen atoms in total. The number of likely N-dealkylation sites (N-methyl/N-ethyl adjacent to an activating group) is 1. The van der Waals surface area contributed by atoms with Crippen LogP contribution in [0.2, 0.25) is 0 Å². The highest BCUT2D eigenvalue weighted by molar-refractivity contribution is 6.00. The summed E-state index contributed by atoms with van der Waals surface area (Å²) in [6, 6.07) is 13.0. The van der Waals surface area contributed by atoms with Gasteiger partial charge in [-0.2, -0.15) is 0 Å². The molecule has 0 saturated carbocycles. The van der Waals surface area contributed by atoms with Gasteiger partial charge < -0.3 is 24.7 Å². The van der Waals surface area contributed by atoms with Crippen molar-refractivity contribution in [3.05, 3.63) is 88.7 Å². The highest BCUT2D eigenvalue weighted by atomic mass is 16.5. The van der Waals surface area contributed by atoms with Crippen LogP contribution < -0.4 is 14.5 Å². The molecule has 1 aliphatic carbocycles. The van der Waals surface area contributed by atoms with Crippen molar-refractivity contribution in [1.82, 2.24) is 0 Å². The molecule has 2 aromatic carbocycles. The van der Waals surface area contributed by atoms with Crippen LogP contribution >= 0.6 is 0 Å². The molecule has 0 spiro atoms. The van der Waals surface area contributed by atoms with Crippen LogP contribution in [0.15, 0.2) is 72.0 Å². The van der Waals surface area contributed by atoms with Crippen molar-refractivity contribution >= 4 is 23.2 Å². The monoisotopic (exact) mass is 489 g/mol. The van der Waals surface area contributed by atoms with Crippen molar-refractivity contribution in [2.75, 3.05) is 31.1 Å². The number of aromatic carboxylic acids is 1. The van der Waals surface area contributed by atoms with Gasteiger partial charge in [-0.1, -0.05) is 18.2 Å². The van der Waals surface area contributed by atoms with E-state index >= 15 is 0 Å². The summed E-state index contributed by atoms with van der Waals surface area (Å²) >= 11 is 0. The van der Waals surface area contributed by atoms with Crippen molar-refractivity contribution in [2.45, 2.75) is 33.2 Å². The van der Waals surface area contributed by atoms with Gasteiger partial charge in [-0.05, 0) is 56.7 Å². The van der Waals surface area contributed by atoms with Crippen LogP contribution in [0, 0.1) is 0 Å². The van der Waals surface area contributed by atoms with Gasteiger partial charge in [0, 0.05) is 47.6 Å². The number of carboxylic acids is 2. The number of carboxylic acid groups (broad SMARTS) is 2. The lowest BCUT2D eigenvalue weighted by Crippen LogP contribution is -3.14. The number of benzene rings is 2. The molecule has 4 rings (SSSR count). The lowest BCUT2D eigenvalue weighted by molar-refractivity contribution is -0.908. The van der Waals surface area contributed by atoms with Gasteiger partial charge in [0.1, 0.15) is 17.6 Å². The van der Waals surface area contributed by atoms with Gasteiger partial charge in [-0.3, -0.25) is 4.79 Å². The molecule has 1 atom stereocenters. The second kappa shape index (κ2) is 10.8. The number of aliphatic carboxylic acids is 1. The molecule has 0 aromatic heterocycles. The summed E-state index contributed by atoms with van der Waals surface area (Å²) in [7, 11) is 0. The predicted octanol–water partition coefficient (Wildman–Crippen LogP) is 3.63. The Kier molecular flexibility index (Phi) is 7.60. The van der Waals surface area contributed by atoms with E-state index in [2.05, 4.69) is 32.1 Å². The molecule has 0 radical (unpaired) electrons. The smallest absolute Gasteiger partial charge is 0.336 e. The van der Waals surface area contributed by atoms with Crippen LogP contribution in [0.3, 0.4) is 0 Å². The summed E-state index contributed by atoms with van der Waals surface area (Å²) in [5, 5.41) is 19.1. The van der Waals surface area contributed by atoms with Crippen LogP contribution in [-0.2, 0) is 4.79 Å². The number of fused-ring (bicyclic) bond motifs is 2. The average molecular weight is 490 g/mol. The summed E-state index contributed by atoms with van der Waals surface area (Å²) < 4.78 is 6.47. The Hall–Kier alpha value is -3.84. The van der Waals surface area contributed by atoms with Crippen LogP contribution in [0.5, 0.6) is 5.75 Å². The average Bonchev–Trinajstić information content (AvgIpc) is 2.88. The minimum Gasteiger partial charge on any atom is -0.481 e. The first-order chi connectivity index (χ1) is 17.4. The summed E-state index contributed by atoms with van der Waals surface area (Å²) in [6.45, 7) is 9.29. The number of anilines is 1. The van der Waals surface area contributed by atoms with Gasteiger partial charge in [0.05, 0.1) is 25.1 Å². The highest BCUT2D eigenvalue weighted by Crippen LogP contribution is 2.45. The van der Waals surface area contributed by atoms with E-state index in [0.717, 1.165) is 41.2 Å². The van der Waals surface area contributed by atoms with Crippen LogP contribution in [-0.4, -0.2) is 54.4 Å². The molecule has 1 aliphatic heterocycles. The Bertz CT molecular complexity index is 1260. The zero-order valence-corrected chi connectivity index (χ0v) is 21.0. The molecule has 2 aromatic rings. The Labute approximate surface area is 211 Å². The summed E-state index contributed by atoms with van der Waals surface area (Å²) in [4.78, 5) is 26.7. The number of nitrogens with one attached hydrogen (secondary N) is 1. The number of quaternary nitrogens is 1. The molecular weight excluding hydrogens is 456 g/mol. The number of rotatable bonds is 10. The molecule has 7 heteroatoms. The van der Waals surface area contributed by atoms with Crippen molar-refractivity contribution in [3.63, 3.8) is 0 Å². The number of hydrogen-bond acceptors (Lipinski definition) is 4. The number of allylic oxidation sites excluding steroid dienone is 1. The summed E-state index contributed by atoms with van der Waals surface area (Å²) in [6.07, 6.45) is 6.38. The van der Waals surface area contributed by atoms with Crippen molar-refractivity contribution in [2.24, 2.45) is 0 Å². The lowest BCUT2D eigenvalue weighted by atomic mass is 9.85. The van der Waals surface area contributed by atoms with Gasteiger partial charge in [0.25, 0.3) is 0 Å². The fraction of sp³-hybridized carbons (Fsp3) is 0.310. The van der Waals surface area contributed by atoms with Gasteiger partial charge in [-0.15, -0.1) is 0 Å². The standard InChI is InChI=1S/C29H32N2O5/c1-4-30(5-2)19-11-13-23-25(17-19)36-26-18-20(31(6-3)16-15-27(32)33)12-14-24(26)28(23)21-9-7-8-10-22(21)29(34)35/h7-14,17-19H,4-6,15-16H2,1-3H3,(H,32,33)(H,34,35)/p+1. The van der Waals surface area contributed by atoms with E-state index in [9.17, 15) is 14.7 Å². The Morgan fingerprint density at radius 3 is 2.44 bits per heavy atom. The lowest BCUT2D eigenvalue weighted by Gasteiger charge is -2.31. The molecule has 2 aliphatic rings.